The lowest BCUT2D eigenvalue weighted by Gasteiger charge is -2.17. The number of nitrogens with one attached hydrogen (secondary N) is 2. The van der Waals surface area contributed by atoms with Gasteiger partial charge in [0, 0.05) is 5.70 Å². The van der Waals surface area contributed by atoms with E-state index in [1.54, 1.807) is 0 Å². The molecule has 0 spiro atoms. The van der Waals surface area contributed by atoms with E-state index in [-0.39, 0.29) is 6.17 Å². The average Bonchev–Trinajstić information content (AvgIpc) is 1.88. The molecular formula is C7H13N3. The number of likely N-dealkylation sites (N-methyl/N-ethyl adjacent to an activating group) is 1. The van der Waals surface area contributed by atoms with Crippen molar-refractivity contribution in [2.45, 2.75) is 13.1 Å². The predicted octanol–water partition coefficient (Wildman–Crippen LogP) is -0.119. The molecule has 3 heteroatoms. The van der Waals surface area contributed by atoms with Crippen LogP contribution in [-0.2, 0) is 0 Å². The van der Waals surface area contributed by atoms with Crippen LogP contribution in [0.5, 0.6) is 0 Å². The Balaban J connectivity index is 2.43. The SMILES string of the molecule is CCNC1C=C(N)C=CN1. The fourth-order valence-electron chi connectivity index (χ4n) is 0.882. The highest BCUT2D eigenvalue weighted by Crippen LogP contribution is 1.95. The zero-order valence-corrected chi connectivity index (χ0v) is 6.09. The lowest BCUT2D eigenvalue weighted by Crippen LogP contribution is -2.39. The van der Waals surface area contributed by atoms with Crippen LogP contribution in [0.25, 0.3) is 0 Å². The highest BCUT2D eigenvalue weighted by Gasteiger charge is 2.02. The normalized spacial score (nSPS) is 23.7. The van der Waals surface area contributed by atoms with E-state index in [4.69, 9.17) is 5.73 Å². The summed E-state index contributed by atoms with van der Waals surface area (Å²) < 4.78 is 0. The molecule has 0 saturated heterocycles. The van der Waals surface area contributed by atoms with Crippen LogP contribution in [0.3, 0.4) is 0 Å². The fourth-order valence-corrected chi connectivity index (χ4v) is 0.882. The Labute approximate surface area is 61.0 Å². The summed E-state index contributed by atoms with van der Waals surface area (Å²) in [6.45, 7) is 3.00. The second-order valence-electron chi connectivity index (χ2n) is 2.20. The predicted molar refractivity (Wildman–Crippen MR) is 42.0 cm³/mol. The van der Waals surface area contributed by atoms with Gasteiger partial charge in [0.25, 0.3) is 0 Å². The maximum Gasteiger partial charge on any atom is 0.0979 e. The van der Waals surface area contributed by atoms with E-state index in [1.807, 2.05) is 18.4 Å². The van der Waals surface area contributed by atoms with Crippen molar-refractivity contribution >= 4 is 0 Å². The third kappa shape index (κ3) is 1.77. The van der Waals surface area contributed by atoms with Crippen molar-refractivity contribution in [2.75, 3.05) is 6.54 Å². The topological polar surface area (TPSA) is 50.1 Å². The van der Waals surface area contributed by atoms with Crippen LogP contribution < -0.4 is 16.4 Å². The molecule has 10 heavy (non-hydrogen) atoms. The van der Waals surface area contributed by atoms with Gasteiger partial charge in [-0.1, -0.05) is 6.92 Å². The molecule has 0 amide bonds. The zero-order chi connectivity index (χ0) is 7.40. The minimum absolute atomic E-state index is 0.204. The van der Waals surface area contributed by atoms with Crippen molar-refractivity contribution in [2.24, 2.45) is 5.73 Å². The molecule has 0 fully saturated rings. The molecule has 1 aliphatic heterocycles. The van der Waals surface area contributed by atoms with Gasteiger partial charge in [-0.2, -0.15) is 0 Å². The summed E-state index contributed by atoms with van der Waals surface area (Å²) in [7, 11) is 0. The summed E-state index contributed by atoms with van der Waals surface area (Å²) in [5.41, 5.74) is 6.36. The molecular weight excluding hydrogens is 126 g/mol. The molecule has 3 nitrogen and oxygen atoms in total. The fraction of sp³-hybridized carbons (Fsp3) is 0.429. The summed E-state index contributed by atoms with van der Waals surface area (Å²) in [6.07, 6.45) is 5.84. The molecule has 1 aliphatic rings. The second kappa shape index (κ2) is 3.27. The average molecular weight is 139 g/mol. The smallest absolute Gasteiger partial charge is 0.0979 e. The Morgan fingerprint density at radius 2 is 2.60 bits per heavy atom. The van der Waals surface area contributed by atoms with Crippen molar-refractivity contribution in [3.63, 3.8) is 0 Å². The lowest BCUT2D eigenvalue weighted by molar-refractivity contribution is 0.561. The van der Waals surface area contributed by atoms with Crippen LogP contribution in [0.4, 0.5) is 0 Å². The van der Waals surface area contributed by atoms with E-state index in [9.17, 15) is 0 Å². The zero-order valence-electron chi connectivity index (χ0n) is 6.09. The van der Waals surface area contributed by atoms with E-state index >= 15 is 0 Å². The molecule has 56 valence electrons. The minimum atomic E-state index is 0.204. The number of hydrogen-bond acceptors (Lipinski definition) is 3. The van der Waals surface area contributed by atoms with Crippen molar-refractivity contribution in [3.8, 4) is 0 Å². The third-order valence-electron chi connectivity index (χ3n) is 1.33. The molecule has 4 N–H and O–H groups in total. The van der Waals surface area contributed by atoms with E-state index in [1.165, 1.54) is 0 Å². The molecule has 0 bridgehead atoms. The van der Waals surface area contributed by atoms with E-state index in [0.29, 0.717) is 0 Å². The first-order valence-corrected chi connectivity index (χ1v) is 3.46. The number of hydrogen-bond donors (Lipinski definition) is 3. The monoisotopic (exact) mass is 139 g/mol. The Hall–Kier alpha value is -0.960. The van der Waals surface area contributed by atoms with Gasteiger partial charge in [0.2, 0.25) is 0 Å². The number of dihydropyridines is 1. The van der Waals surface area contributed by atoms with Gasteiger partial charge in [-0.15, -0.1) is 0 Å². The molecule has 1 atom stereocenters. The van der Waals surface area contributed by atoms with Gasteiger partial charge in [-0.05, 0) is 24.9 Å². The van der Waals surface area contributed by atoms with Crippen molar-refractivity contribution < 1.29 is 0 Å². The Morgan fingerprint density at radius 3 is 3.20 bits per heavy atom. The van der Waals surface area contributed by atoms with E-state index in [2.05, 4.69) is 17.6 Å². The summed E-state index contributed by atoms with van der Waals surface area (Å²) in [4.78, 5) is 0. The van der Waals surface area contributed by atoms with Gasteiger partial charge < -0.3 is 11.1 Å². The molecule has 0 aliphatic carbocycles. The van der Waals surface area contributed by atoms with Gasteiger partial charge >= 0.3 is 0 Å². The summed E-state index contributed by atoms with van der Waals surface area (Å²) in [6, 6.07) is 0. The first-order valence-electron chi connectivity index (χ1n) is 3.46. The van der Waals surface area contributed by atoms with Crippen molar-refractivity contribution in [3.05, 3.63) is 24.0 Å². The van der Waals surface area contributed by atoms with Crippen LogP contribution >= 0.6 is 0 Å². The molecule has 0 radical (unpaired) electrons. The molecule has 1 heterocycles. The highest BCUT2D eigenvalue weighted by molar-refractivity contribution is 5.20. The van der Waals surface area contributed by atoms with E-state index < -0.39 is 0 Å². The first-order chi connectivity index (χ1) is 4.83. The van der Waals surface area contributed by atoms with Crippen molar-refractivity contribution in [1.29, 1.82) is 0 Å². The van der Waals surface area contributed by atoms with Gasteiger partial charge in [0.05, 0.1) is 6.17 Å². The summed E-state index contributed by atoms with van der Waals surface area (Å²) in [5, 5.41) is 6.30. The maximum atomic E-state index is 5.55. The summed E-state index contributed by atoms with van der Waals surface area (Å²) >= 11 is 0. The number of allylic oxidation sites excluding steroid dienone is 1. The Bertz CT molecular complexity index is 160. The molecule has 0 aromatic carbocycles. The molecule has 1 rings (SSSR count). The molecule has 0 aromatic heterocycles. The minimum Gasteiger partial charge on any atom is -0.399 e. The molecule has 0 aromatic rings. The van der Waals surface area contributed by atoms with Gasteiger partial charge in [-0.25, -0.2) is 0 Å². The largest absolute Gasteiger partial charge is 0.399 e. The second-order valence-corrected chi connectivity index (χ2v) is 2.20. The van der Waals surface area contributed by atoms with Gasteiger partial charge in [0.15, 0.2) is 0 Å². The van der Waals surface area contributed by atoms with Gasteiger partial charge in [0.1, 0.15) is 0 Å². The first kappa shape index (κ1) is 7.15. The molecule has 0 saturated carbocycles. The number of rotatable bonds is 2. The third-order valence-corrected chi connectivity index (χ3v) is 1.33. The van der Waals surface area contributed by atoms with Crippen LogP contribution in [0.1, 0.15) is 6.92 Å². The lowest BCUT2D eigenvalue weighted by atomic mass is 10.3. The van der Waals surface area contributed by atoms with Crippen LogP contribution in [0, 0.1) is 0 Å². The Morgan fingerprint density at radius 1 is 1.80 bits per heavy atom. The standard InChI is InChI=1S/C7H13N3/c1-2-9-7-5-6(8)3-4-10-7/h3-5,7,9-10H,2,8H2,1H3. The number of nitrogens with two attached hydrogens (primary N) is 1. The van der Waals surface area contributed by atoms with Crippen molar-refractivity contribution in [1.82, 2.24) is 10.6 Å². The van der Waals surface area contributed by atoms with E-state index in [0.717, 1.165) is 12.2 Å². The Kier molecular flexibility index (Phi) is 2.34. The highest BCUT2D eigenvalue weighted by atomic mass is 15.1. The van der Waals surface area contributed by atoms with Crippen LogP contribution in [0.15, 0.2) is 24.0 Å². The quantitative estimate of drug-likeness (QED) is 0.500. The molecule has 1 unspecified atom stereocenters. The summed E-state index contributed by atoms with van der Waals surface area (Å²) in [5.74, 6) is 0. The maximum absolute atomic E-state index is 5.55. The van der Waals surface area contributed by atoms with Crippen LogP contribution in [0.2, 0.25) is 0 Å². The van der Waals surface area contributed by atoms with Gasteiger partial charge in [-0.3, -0.25) is 5.32 Å². The van der Waals surface area contributed by atoms with Crippen LogP contribution in [-0.4, -0.2) is 12.7 Å².